The Balaban J connectivity index is 1.75. The van der Waals surface area contributed by atoms with Crippen molar-refractivity contribution in [2.75, 3.05) is 36.0 Å². The van der Waals surface area contributed by atoms with Crippen molar-refractivity contribution in [2.24, 2.45) is 7.05 Å². The van der Waals surface area contributed by atoms with E-state index in [0.29, 0.717) is 24.3 Å². The van der Waals surface area contributed by atoms with E-state index < -0.39 is 10.5 Å². The lowest BCUT2D eigenvalue weighted by Gasteiger charge is -2.38. The molecule has 0 unspecified atom stereocenters. The topological polar surface area (TPSA) is 71.6 Å². The Morgan fingerprint density at radius 3 is 2.21 bits per heavy atom. The maximum atomic E-state index is 12.7. The van der Waals surface area contributed by atoms with Crippen LogP contribution in [0.15, 0.2) is 53.3 Å². The minimum absolute atomic E-state index is 0.342. The molecule has 0 amide bonds. The molecule has 2 aromatic carbocycles. The number of benzene rings is 2. The first kappa shape index (κ1) is 18.0. The summed E-state index contributed by atoms with van der Waals surface area (Å²) in [5, 5.41) is 12.5. The Morgan fingerprint density at radius 1 is 0.929 bits per heavy atom. The van der Waals surface area contributed by atoms with Crippen LogP contribution >= 0.6 is 0 Å². The Labute approximate surface area is 162 Å². The average Bonchev–Trinajstić information content (AvgIpc) is 2.71. The molecule has 7 heteroatoms. The van der Waals surface area contributed by atoms with E-state index in [9.17, 15) is 14.9 Å². The highest BCUT2D eigenvalue weighted by Crippen LogP contribution is 2.34. The molecule has 0 saturated carbocycles. The lowest BCUT2D eigenvalue weighted by molar-refractivity contribution is -0.385. The summed E-state index contributed by atoms with van der Waals surface area (Å²) in [7, 11) is 1.58. The molecule has 144 valence electrons. The van der Waals surface area contributed by atoms with Gasteiger partial charge in [-0.15, -0.1) is 0 Å². The van der Waals surface area contributed by atoms with Crippen LogP contribution in [0.3, 0.4) is 0 Å². The van der Waals surface area contributed by atoms with E-state index in [-0.39, 0.29) is 5.69 Å². The second-order valence-corrected chi connectivity index (χ2v) is 7.10. The predicted molar refractivity (Wildman–Crippen MR) is 111 cm³/mol. The Kier molecular flexibility index (Phi) is 4.50. The van der Waals surface area contributed by atoms with Gasteiger partial charge in [0, 0.05) is 44.3 Å². The highest BCUT2D eigenvalue weighted by atomic mass is 16.6. The van der Waals surface area contributed by atoms with Crippen molar-refractivity contribution in [2.45, 2.75) is 6.92 Å². The largest absolute Gasteiger partial charge is 0.368 e. The average molecular weight is 378 g/mol. The van der Waals surface area contributed by atoms with Crippen LogP contribution in [0.1, 0.15) is 5.56 Å². The Hall–Kier alpha value is -3.35. The zero-order valence-electron chi connectivity index (χ0n) is 16.0. The van der Waals surface area contributed by atoms with Crippen LogP contribution in [0.5, 0.6) is 0 Å². The molecule has 7 nitrogen and oxygen atoms in total. The van der Waals surface area contributed by atoms with Crippen LogP contribution in [0.4, 0.5) is 17.1 Å². The molecule has 28 heavy (non-hydrogen) atoms. The van der Waals surface area contributed by atoms with Gasteiger partial charge in [-0.05, 0) is 24.6 Å². The van der Waals surface area contributed by atoms with Crippen molar-refractivity contribution in [3.05, 3.63) is 74.6 Å². The third kappa shape index (κ3) is 2.89. The fraction of sp³-hybridized carbons (Fsp3) is 0.286. The normalized spacial score (nSPS) is 14.5. The summed E-state index contributed by atoms with van der Waals surface area (Å²) >= 11 is 0. The number of aryl methyl sites for hydroxylation is 2. The minimum atomic E-state index is -0.569. The summed E-state index contributed by atoms with van der Waals surface area (Å²) in [5.74, 6) is 0. The maximum absolute atomic E-state index is 12.7. The molecule has 1 saturated heterocycles. The number of fused-ring (bicyclic) bond motifs is 1. The number of aromatic nitrogens is 1. The van der Waals surface area contributed by atoms with Crippen molar-refractivity contribution in [3.63, 3.8) is 0 Å². The maximum Gasteiger partial charge on any atom is 0.357 e. The molecule has 1 aliphatic rings. The van der Waals surface area contributed by atoms with E-state index in [0.717, 1.165) is 18.5 Å². The lowest BCUT2D eigenvalue weighted by Crippen LogP contribution is -2.47. The quantitative estimate of drug-likeness (QED) is 0.517. The zero-order chi connectivity index (χ0) is 19.8. The molecule has 0 bridgehead atoms. The number of rotatable bonds is 3. The van der Waals surface area contributed by atoms with Gasteiger partial charge in [0.05, 0.1) is 10.4 Å². The SMILES string of the molecule is Cc1ccccc1N1CCN(c2c([N+](=O)[O-])c(=O)n(C)c3ccccc23)CC1. The fourth-order valence-corrected chi connectivity index (χ4v) is 4.04. The Morgan fingerprint density at radius 2 is 1.54 bits per heavy atom. The summed E-state index contributed by atoms with van der Waals surface area (Å²) in [6.07, 6.45) is 0. The second kappa shape index (κ2) is 6.99. The van der Waals surface area contributed by atoms with Crippen molar-refractivity contribution < 1.29 is 4.92 Å². The number of pyridine rings is 1. The molecule has 1 aliphatic heterocycles. The van der Waals surface area contributed by atoms with Crippen LogP contribution in [0.25, 0.3) is 10.9 Å². The van der Waals surface area contributed by atoms with Gasteiger partial charge in [0.15, 0.2) is 0 Å². The molecule has 4 rings (SSSR count). The van der Waals surface area contributed by atoms with Gasteiger partial charge in [0.25, 0.3) is 0 Å². The van der Waals surface area contributed by atoms with Crippen molar-refractivity contribution in [3.8, 4) is 0 Å². The van der Waals surface area contributed by atoms with Gasteiger partial charge in [0.1, 0.15) is 5.69 Å². The summed E-state index contributed by atoms with van der Waals surface area (Å²) in [4.78, 5) is 28.2. The van der Waals surface area contributed by atoms with Crippen LogP contribution in [0, 0.1) is 17.0 Å². The third-order valence-corrected chi connectivity index (χ3v) is 5.49. The molecule has 3 aromatic rings. The number of para-hydroxylation sites is 2. The first-order valence-corrected chi connectivity index (χ1v) is 9.30. The van der Waals surface area contributed by atoms with Gasteiger partial charge in [0.2, 0.25) is 0 Å². The van der Waals surface area contributed by atoms with Gasteiger partial charge >= 0.3 is 11.2 Å². The smallest absolute Gasteiger partial charge is 0.357 e. The predicted octanol–water partition coefficient (Wildman–Crippen LogP) is 3.08. The number of nitrogens with zero attached hydrogens (tertiary/aromatic N) is 4. The van der Waals surface area contributed by atoms with Crippen molar-refractivity contribution in [1.29, 1.82) is 0 Å². The van der Waals surface area contributed by atoms with E-state index in [4.69, 9.17) is 0 Å². The van der Waals surface area contributed by atoms with Crippen molar-refractivity contribution in [1.82, 2.24) is 4.57 Å². The van der Waals surface area contributed by atoms with E-state index in [1.165, 1.54) is 15.8 Å². The van der Waals surface area contributed by atoms with Gasteiger partial charge < -0.3 is 14.4 Å². The number of anilines is 2. The summed E-state index contributed by atoms with van der Waals surface area (Å²) < 4.78 is 1.36. The highest BCUT2D eigenvalue weighted by Gasteiger charge is 2.30. The lowest BCUT2D eigenvalue weighted by atomic mass is 10.1. The third-order valence-electron chi connectivity index (χ3n) is 5.49. The van der Waals surface area contributed by atoms with Crippen LogP contribution < -0.4 is 15.4 Å². The molecule has 0 spiro atoms. The fourth-order valence-electron chi connectivity index (χ4n) is 4.04. The number of piperazine rings is 1. The number of hydrogen-bond donors (Lipinski definition) is 0. The molecule has 0 radical (unpaired) electrons. The molecule has 0 N–H and O–H groups in total. The molecule has 0 atom stereocenters. The molecular weight excluding hydrogens is 356 g/mol. The van der Waals surface area contributed by atoms with Gasteiger partial charge in [-0.3, -0.25) is 14.9 Å². The van der Waals surface area contributed by atoms with Gasteiger partial charge in [-0.1, -0.05) is 36.4 Å². The second-order valence-electron chi connectivity index (χ2n) is 7.10. The molecular formula is C21H22N4O3. The van der Waals surface area contributed by atoms with Gasteiger partial charge in [-0.2, -0.15) is 0 Å². The van der Waals surface area contributed by atoms with E-state index in [1.54, 1.807) is 7.05 Å². The number of nitro groups is 1. The van der Waals surface area contributed by atoms with E-state index in [1.807, 2.05) is 41.3 Å². The molecule has 1 fully saturated rings. The first-order valence-electron chi connectivity index (χ1n) is 9.30. The summed E-state index contributed by atoms with van der Waals surface area (Å²) in [6.45, 7) is 4.80. The number of hydrogen-bond acceptors (Lipinski definition) is 5. The standard InChI is InChI=1S/C21H22N4O3/c1-15-7-3-5-9-17(15)23-11-13-24(14-12-23)19-16-8-4-6-10-18(16)22(2)21(26)20(19)25(27)28/h3-10H,11-14H2,1-2H3. The molecule has 2 heterocycles. The molecule has 1 aromatic heterocycles. The molecule has 0 aliphatic carbocycles. The van der Waals surface area contributed by atoms with Crippen LogP contribution in [-0.4, -0.2) is 35.7 Å². The van der Waals surface area contributed by atoms with E-state index in [2.05, 4.69) is 24.0 Å². The monoisotopic (exact) mass is 378 g/mol. The Bertz CT molecular complexity index is 1110. The highest BCUT2D eigenvalue weighted by molar-refractivity contribution is 5.96. The summed E-state index contributed by atoms with van der Waals surface area (Å²) in [5.41, 5.74) is 2.62. The zero-order valence-corrected chi connectivity index (χ0v) is 16.0. The minimum Gasteiger partial charge on any atom is -0.368 e. The first-order chi connectivity index (χ1) is 13.5. The van der Waals surface area contributed by atoms with Crippen LogP contribution in [0.2, 0.25) is 0 Å². The van der Waals surface area contributed by atoms with Crippen molar-refractivity contribution >= 4 is 28.0 Å². The van der Waals surface area contributed by atoms with Gasteiger partial charge in [-0.25, -0.2) is 0 Å². The summed E-state index contributed by atoms with van der Waals surface area (Å²) in [6, 6.07) is 15.6. The van der Waals surface area contributed by atoms with E-state index >= 15 is 0 Å². The van der Waals surface area contributed by atoms with Crippen LogP contribution in [-0.2, 0) is 7.05 Å².